The Bertz CT molecular complexity index is 1850. The van der Waals surface area contributed by atoms with Crippen LogP contribution in [0.1, 0.15) is 50.9 Å². The molecule has 2 aromatic heterocycles. The van der Waals surface area contributed by atoms with Crippen LogP contribution in [0.5, 0.6) is 11.5 Å². The van der Waals surface area contributed by atoms with Gasteiger partial charge < -0.3 is 9.47 Å². The van der Waals surface area contributed by atoms with Gasteiger partial charge in [0.05, 0.1) is 42.6 Å². The molecule has 4 aromatic rings. The standard InChI is InChI=1S/C15H10N4O2.C14H8N4/c1-20-12-3-4-13(21-2)14-8(12)5-9-15(14)19-11(7-17)10(6-16)18-9;1-8-2-3-9-5-11-14(10(9)4-8)18-13(7-16)12(6-15)17-11/h3-4H,5H2,1-2H3;2-4H,5H2,1H3. The lowest BCUT2D eigenvalue weighted by atomic mass is 10.1. The maximum atomic E-state index is 9.10. The number of hydrogen-bond donors (Lipinski definition) is 0. The van der Waals surface area contributed by atoms with Crippen LogP contribution in [-0.2, 0) is 12.8 Å². The maximum absolute atomic E-state index is 9.10. The summed E-state index contributed by atoms with van der Waals surface area (Å²) in [7, 11) is 3.16. The zero-order valence-corrected chi connectivity index (χ0v) is 21.2. The molecular formula is C29H18N8O2. The third kappa shape index (κ3) is 4.13. The summed E-state index contributed by atoms with van der Waals surface area (Å²) >= 11 is 0. The molecule has 10 heteroatoms. The first-order valence-corrected chi connectivity index (χ1v) is 11.7. The molecule has 0 N–H and O–H groups in total. The molecule has 0 bridgehead atoms. The third-order valence-corrected chi connectivity index (χ3v) is 6.49. The van der Waals surface area contributed by atoms with Crippen LogP contribution in [0.15, 0.2) is 30.3 Å². The largest absolute Gasteiger partial charge is 0.496 e. The summed E-state index contributed by atoms with van der Waals surface area (Å²) in [5, 5.41) is 36.1. The van der Waals surface area contributed by atoms with E-state index in [4.69, 9.17) is 30.5 Å². The Morgan fingerprint density at radius 2 is 1.21 bits per heavy atom. The van der Waals surface area contributed by atoms with Crippen molar-refractivity contribution < 1.29 is 9.47 Å². The van der Waals surface area contributed by atoms with E-state index in [0.29, 0.717) is 35.7 Å². The zero-order chi connectivity index (χ0) is 27.7. The van der Waals surface area contributed by atoms with Gasteiger partial charge in [0.2, 0.25) is 0 Å². The van der Waals surface area contributed by atoms with Gasteiger partial charge in [0.1, 0.15) is 35.8 Å². The SMILES string of the molecule is COc1ccc(OC)c2c1Cc1nc(C#N)c(C#N)nc1-2.Cc1ccc2c(c1)-c1nc(C#N)c(C#N)nc1C2. The summed E-state index contributed by atoms with van der Waals surface area (Å²) in [4.78, 5) is 17.1. The molecule has 2 heterocycles. The maximum Gasteiger partial charge on any atom is 0.177 e. The van der Waals surface area contributed by atoms with Crippen molar-refractivity contribution in [3.05, 3.63) is 81.2 Å². The van der Waals surface area contributed by atoms with Gasteiger partial charge >= 0.3 is 0 Å². The highest BCUT2D eigenvalue weighted by molar-refractivity contribution is 5.81. The Morgan fingerprint density at radius 3 is 1.79 bits per heavy atom. The second-order valence-corrected chi connectivity index (χ2v) is 8.72. The van der Waals surface area contributed by atoms with Crippen molar-refractivity contribution >= 4 is 0 Å². The van der Waals surface area contributed by atoms with E-state index >= 15 is 0 Å². The van der Waals surface area contributed by atoms with Crippen molar-refractivity contribution in [2.45, 2.75) is 19.8 Å². The fourth-order valence-corrected chi connectivity index (χ4v) is 4.73. The molecule has 10 nitrogen and oxygen atoms in total. The normalized spacial score (nSPS) is 11.2. The van der Waals surface area contributed by atoms with Crippen LogP contribution in [0, 0.1) is 52.2 Å². The van der Waals surface area contributed by atoms with Gasteiger partial charge in [-0.2, -0.15) is 21.0 Å². The van der Waals surface area contributed by atoms with Gasteiger partial charge in [-0.15, -0.1) is 0 Å². The second-order valence-electron chi connectivity index (χ2n) is 8.72. The average molecular weight is 511 g/mol. The lowest BCUT2D eigenvalue weighted by molar-refractivity contribution is 0.401. The van der Waals surface area contributed by atoms with Crippen LogP contribution in [0.25, 0.3) is 22.5 Å². The van der Waals surface area contributed by atoms with E-state index in [1.54, 1.807) is 20.3 Å². The number of nitrogens with zero attached hydrogens (tertiary/aromatic N) is 8. The first kappa shape index (κ1) is 24.8. The molecule has 2 aliphatic rings. The van der Waals surface area contributed by atoms with Crippen LogP contribution in [-0.4, -0.2) is 34.2 Å². The molecule has 2 aliphatic carbocycles. The molecule has 0 unspecified atom stereocenters. The van der Waals surface area contributed by atoms with Crippen LogP contribution >= 0.6 is 0 Å². The smallest absolute Gasteiger partial charge is 0.177 e. The number of aryl methyl sites for hydroxylation is 1. The number of hydrogen-bond acceptors (Lipinski definition) is 10. The monoisotopic (exact) mass is 510 g/mol. The summed E-state index contributed by atoms with van der Waals surface area (Å²) in [5.41, 5.74) is 8.04. The summed E-state index contributed by atoms with van der Waals surface area (Å²) in [6, 6.07) is 17.4. The van der Waals surface area contributed by atoms with Gasteiger partial charge in [-0.3, -0.25) is 0 Å². The molecule has 0 radical (unpaired) electrons. The van der Waals surface area contributed by atoms with Crippen molar-refractivity contribution in [2.75, 3.05) is 14.2 Å². The Kier molecular flexibility index (Phi) is 6.31. The fraction of sp³-hybridized carbons (Fsp3) is 0.172. The quantitative estimate of drug-likeness (QED) is 0.333. The number of rotatable bonds is 2. The Hall–Kier alpha value is -5.84. The van der Waals surface area contributed by atoms with Crippen molar-refractivity contribution in [3.8, 4) is 58.3 Å². The first-order chi connectivity index (χ1) is 19.0. The molecule has 0 atom stereocenters. The van der Waals surface area contributed by atoms with Crippen molar-refractivity contribution in [3.63, 3.8) is 0 Å². The first-order valence-electron chi connectivity index (χ1n) is 11.7. The molecule has 0 spiro atoms. The minimum absolute atomic E-state index is 0.0222. The highest BCUT2D eigenvalue weighted by Gasteiger charge is 2.30. The minimum atomic E-state index is 0.0222. The topological polar surface area (TPSA) is 165 Å². The molecular weight excluding hydrogens is 492 g/mol. The van der Waals surface area contributed by atoms with Crippen molar-refractivity contribution in [1.29, 1.82) is 21.0 Å². The van der Waals surface area contributed by atoms with E-state index in [-0.39, 0.29) is 22.8 Å². The van der Waals surface area contributed by atoms with Gasteiger partial charge in [0.15, 0.2) is 22.8 Å². The molecule has 6 rings (SSSR count). The molecule has 0 amide bonds. The Labute approximate surface area is 224 Å². The lowest BCUT2D eigenvalue weighted by Gasteiger charge is -2.11. The van der Waals surface area contributed by atoms with Crippen LogP contribution in [0.3, 0.4) is 0 Å². The highest BCUT2D eigenvalue weighted by atomic mass is 16.5. The van der Waals surface area contributed by atoms with Gasteiger partial charge in [-0.25, -0.2) is 19.9 Å². The van der Waals surface area contributed by atoms with E-state index in [1.165, 1.54) is 0 Å². The van der Waals surface area contributed by atoms with Gasteiger partial charge in [0.25, 0.3) is 0 Å². The minimum Gasteiger partial charge on any atom is -0.496 e. The molecule has 0 fully saturated rings. The Balaban J connectivity index is 0.000000160. The van der Waals surface area contributed by atoms with E-state index in [1.807, 2.05) is 55.5 Å². The number of nitriles is 4. The lowest BCUT2D eigenvalue weighted by Crippen LogP contribution is -1.99. The van der Waals surface area contributed by atoms with Crippen LogP contribution in [0.4, 0.5) is 0 Å². The van der Waals surface area contributed by atoms with E-state index in [9.17, 15) is 0 Å². The van der Waals surface area contributed by atoms with Gasteiger partial charge in [0, 0.05) is 24.0 Å². The molecule has 2 aromatic carbocycles. The second kappa shape index (κ2) is 9.90. The van der Waals surface area contributed by atoms with Gasteiger partial charge in [-0.05, 0) is 30.7 Å². The summed E-state index contributed by atoms with van der Waals surface area (Å²) in [6.45, 7) is 2.01. The van der Waals surface area contributed by atoms with Crippen molar-refractivity contribution in [2.24, 2.45) is 0 Å². The van der Waals surface area contributed by atoms with E-state index in [0.717, 1.165) is 39.2 Å². The van der Waals surface area contributed by atoms with E-state index in [2.05, 4.69) is 19.9 Å². The number of aromatic nitrogens is 4. The highest BCUT2D eigenvalue weighted by Crippen LogP contribution is 2.45. The molecule has 39 heavy (non-hydrogen) atoms. The number of fused-ring (bicyclic) bond motifs is 6. The zero-order valence-electron chi connectivity index (χ0n) is 21.2. The van der Waals surface area contributed by atoms with Gasteiger partial charge in [-0.1, -0.05) is 17.7 Å². The Morgan fingerprint density at radius 1 is 0.667 bits per heavy atom. The third-order valence-electron chi connectivity index (χ3n) is 6.49. The van der Waals surface area contributed by atoms with Crippen LogP contribution < -0.4 is 9.47 Å². The number of benzene rings is 2. The average Bonchev–Trinajstić information content (AvgIpc) is 3.52. The summed E-state index contributed by atoms with van der Waals surface area (Å²) in [6.07, 6.45) is 1.18. The molecule has 186 valence electrons. The molecule has 0 saturated heterocycles. The fourth-order valence-electron chi connectivity index (χ4n) is 4.73. The van der Waals surface area contributed by atoms with Crippen LogP contribution in [0.2, 0.25) is 0 Å². The molecule has 0 saturated carbocycles. The number of ether oxygens (including phenoxy) is 2. The predicted octanol–water partition coefficient (Wildman–Crippen LogP) is 3.91. The number of methoxy groups -OCH3 is 2. The predicted molar refractivity (Wildman–Crippen MR) is 137 cm³/mol. The van der Waals surface area contributed by atoms with Crippen molar-refractivity contribution in [1.82, 2.24) is 19.9 Å². The molecule has 0 aliphatic heterocycles. The van der Waals surface area contributed by atoms with E-state index < -0.39 is 0 Å². The summed E-state index contributed by atoms with van der Waals surface area (Å²) < 4.78 is 10.7. The summed E-state index contributed by atoms with van der Waals surface area (Å²) in [5.74, 6) is 1.36.